The van der Waals surface area contributed by atoms with Gasteiger partial charge in [-0.25, -0.2) is 9.97 Å². The molecular formula is C74H45F3N6. The summed E-state index contributed by atoms with van der Waals surface area (Å²) in [6.45, 7) is 1.70. The Bertz CT molecular complexity index is 5240. The summed E-state index contributed by atoms with van der Waals surface area (Å²) < 4.78 is 53.7. The molecule has 5 aromatic heterocycles. The van der Waals surface area contributed by atoms with E-state index in [-0.39, 0.29) is 0 Å². The third-order valence-electron chi connectivity index (χ3n) is 16.9. The molecule has 12 aromatic carbocycles. The van der Waals surface area contributed by atoms with Gasteiger partial charge in [-0.3, -0.25) is 0 Å². The summed E-state index contributed by atoms with van der Waals surface area (Å²) in [6.07, 6.45) is -4.57. The van der Waals surface area contributed by atoms with Gasteiger partial charge in [0.05, 0.1) is 60.9 Å². The Kier molecular flexibility index (Phi) is 9.99. The van der Waals surface area contributed by atoms with E-state index in [1.807, 2.05) is 36.4 Å². The summed E-state index contributed by atoms with van der Waals surface area (Å²) in [6, 6.07) is 87.5. The molecule has 392 valence electrons. The van der Waals surface area contributed by atoms with Crippen molar-refractivity contribution in [2.24, 2.45) is 0 Å². The van der Waals surface area contributed by atoms with Crippen molar-refractivity contribution in [1.29, 1.82) is 0 Å². The normalized spacial score (nSPS) is 12.3. The third kappa shape index (κ3) is 7.10. The molecule has 9 heteroatoms. The number of hydrogen-bond donors (Lipinski definition) is 0. The van der Waals surface area contributed by atoms with Gasteiger partial charge in [-0.2, -0.15) is 13.2 Å². The van der Waals surface area contributed by atoms with Crippen LogP contribution in [0.25, 0.3) is 154 Å². The molecule has 0 aliphatic carbocycles. The smallest absolute Gasteiger partial charge is 0.309 e. The van der Waals surface area contributed by atoms with Crippen LogP contribution in [0.4, 0.5) is 13.2 Å². The summed E-state index contributed by atoms with van der Waals surface area (Å²) in [5.41, 5.74) is 14.0. The summed E-state index contributed by atoms with van der Waals surface area (Å²) in [7, 11) is 0. The quantitative estimate of drug-likeness (QED) is 0.156. The number of para-hydroxylation sites is 6. The van der Waals surface area contributed by atoms with Gasteiger partial charge in [0.2, 0.25) is 0 Å². The van der Waals surface area contributed by atoms with Gasteiger partial charge in [0, 0.05) is 87.7 Å². The largest absolute Gasteiger partial charge is 0.416 e. The van der Waals surface area contributed by atoms with Crippen molar-refractivity contribution in [3.8, 4) is 45.4 Å². The highest BCUT2D eigenvalue weighted by Gasteiger charge is 2.32. The SMILES string of the molecule is Cc1cc(-c2nc(-c3cc(-n4c5ccccc5c5ccc(-n6c7ccccc7c7ccccc76)cc54)cc(-n4c5ccccc5c5ccc(-n6c7ccccc7c7ccccc76)cc54)c3)nc3c2ccc2ccccc23)cc(C(F)(F)F)c1. The van der Waals surface area contributed by atoms with Gasteiger partial charge in [-0.05, 0) is 121 Å². The minimum absolute atomic E-state index is 0.359. The average Bonchev–Trinajstić information content (AvgIpc) is 3.56. The number of aryl methyl sites for hydroxylation is 1. The molecular weight excluding hydrogens is 1030 g/mol. The fourth-order valence-electron chi connectivity index (χ4n) is 13.4. The molecule has 0 aliphatic rings. The fraction of sp³-hybridized carbons (Fsp3) is 0.0270. The molecule has 17 aromatic rings. The van der Waals surface area contributed by atoms with Gasteiger partial charge < -0.3 is 18.3 Å². The minimum atomic E-state index is -4.57. The Morgan fingerprint density at radius 3 is 1.13 bits per heavy atom. The van der Waals surface area contributed by atoms with Crippen molar-refractivity contribution in [2.75, 3.05) is 0 Å². The second-order valence-electron chi connectivity index (χ2n) is 21.7. The van der Waals surface area contributed by atoms with Crippen molar-refractivity contribution < 1.29 is 13.2 Å². The molecule has 17 rings (SSSR count). The minimum Gasteiger partial charge on any atom is -0.309 e. The molecule has 0 fully saturated rings. The van der Waals surface area contributed by atoms with E-state index in [0.29, 0.717) is 39.1 Å². The molecule has 0 amide bonds. The highest BCUT2D eigenvalue weighted by molar-refractivity contribution is 6.15. The maximum Gasteiger partial charge on any atom is 0.416 e. The first-order valence-corrected chi connectivity index (χ1v) is 27.8. The van der Waals surface area contributed by atoms with Crippen LogP contribution in [-0.4, -0.2) is 28.2 Å². The number of hydrogen-bond acceptors (Lipinski definition) is 2. The number of rotatable bonds is 6. The molecule has 6 nitrogen and oxygen atoms in total. The van der Waals surface area contributed by atoms with Crippen LogP contribution < -0.4 is 0 Å². The summed E-state index contributed by atoms with van der Waals surface area (Å²) >= 11 is 0. The maximum absolute atomic E-state index is 14.8. The molecule has 0 spiro atoms. The van der Waals surface area contributed by atoms with Crippen molar-refractivity contribution in [3.05, 3.63) is 266 Å². The van der Waals surface area contributed by atoms with Crippen LogP contribution in [0.1, 0.15) is 11.1 Å². The van der Waals surface area contributed by atoms with Gasteiger partial charge in [-0.15, -0.1) is 0 Å². The number of alkyl halides is 3. The van der Waals surface area contributed by atoms with Crippen molar-refractivity contribution in [3.63, 3.8) is 0 Å². The van der Waals surface area contributed by atoms with Gasteiger partial charge in [-0.1, -0.05) is 152 Å². The van der Waals surface area contributed by atoms with E-state index in [1.165, 1.54) is 33.7 Å². The maximum atomic E-state index is 14.8. The van der Waals surface area contributed by atoms with E-state index in [4.69, 9.17) is 9.97 Å². The van der Waals surface area contributed by atoms with Crippen LogP contribution >= 0.6 is 0 Å². The Labute approximate surface area is 472 Å². The first kappa shape index (κ1) is 47.1. The Morgan fingerprint density at radius 1 is 0.301 bits per heavy atom. The van der Waals surface area contributed by atoms with Crippen LogP contribution in [0.15, 0.2) is 255 Å². The molecule has 0 unspecified atom stereocenters. The predicted molar refractivity (Wildman–Crippen MR) is 335 cm³/mol. The summed E-state index contributed by atoms with van der Waals surface area (Å²) in [5.74, 6) is 0.375. The Hall–Kier alpha value is -10.8. The molecule has 0 saturated carbocycles. The van der Waals surface area contributed by atoms with E-state index in [2.05, 4.69) is 218 Å². The van der Waals surface area contributed by atoms with E-state index in [9.17, 15) is 13.2 Å². The van der Waals surface area contributed by atoms with E-state index in [1.54, 1.807) is 13.0 Å². The summed E-state index contributed by atoms with van der Waals surface area (Å²) in [4.78, 5) is 10.9. The van der Waals surface area contributed by atoms with Gasteiger partial charge in [0.1, 0.15) is 0 Å². The highest BCUT2D eigenvalue weighted by atomic mass is 19.4. The second-order valence-corrected chi connectivity index (χ2v) is 21.7. The average molecular weight is 1080 g/mol. The molecule has 0 atom stereocenters. The lowest BCUT2D eigenvalue weighted by molar-refractivity contribution is -0.137. The van der Waals surface area contributed by atoms with Crippen LogP contribution in [0.3, 0.4) is 0 Å². The van der Waals surface area contributed by atoms with Gasteiger partial charge in [0.15, 0.2) is 5.82 Å². The van der Waals surface area contributed by atoms with Crippen LogP contribution in [0, 0.1) is 6.92 Å². The van der Waals surface area contributed by atoms with E-state index < -0.39 is 11.7 Å². The number of aromatic nitrogens is 6. The zero-order valence-electron chi connectivity index (χ0n) is 44.6. The number of benzene rings is 12. The molecule has 5 heterocycles. The first-order valence-electron chi connectivity index (χ1n) is 27.8. The number of fused-ring (bicyclic) bond motifs is 15. The molecule has 0 bridgehead atoms. The standard InChI is InChI=1S/C74H45F3N6/c1-44-36-46(38-48(37-44)74(75,76)77)71-62-33-30-45-16-2-3-17-53(45)72(62)79-73(78-71)47-39-51(82-67-28-14-8-22-58(67)60-34-31-49(42-69(60)82)80-63-24-10-4-18-54(63)55-19-5-11-25-64(55)80)41-52(40-47)83-68-29-15-9-23-59(68)61-35-32-50(43-70(61)83)81-65-26-12-6-20-56(65)57-21-7-13-27-66(57)81/h2-43H,1H3. The van der Waals surface area contributed by atoms with Crippen LogP contribution in [-0.2, 0) is 6.18 Å². The lowest BCUT2D eigenvalue weighted by atomic mass is 9.98. The topological polar surface area (TPSA) is 45.5 Å². The lowest BCUT2D eigenvalue weighted by Gasteiger charge is -2.17. The first-order chi connectivity index (χ1) is 40.7. The molecule has 83 heavy (non-hydrogen) atoms. The lowest BCUT2D eigenvalue weighted by Crippen LogP contribution is -2.06. The van der Waals surface area contributed by atoms with Gasteiger partial charge >= 0.3 is 6.18 Å². The zero-order chi connectivity index (χ0) is 55.2. The van der Waals surface area contributed by atoms with Crippen LogP contribution in [0.2, 0.25) is 0 Å². The number of nitrogens with zero attached hydrogens (tertiary/aromatic N) is 6. The molecule has 0 saturated heterocycles. The van der Waals surface area contributed by atoms with E-state index >= 15 is 0 Å². The zero-order valence-corrected chi connectivity index (χ0v) is 44.6. The predicted octanol–water partition coefficient (Wildman–Crippen LogP) is 19.8. The highest BCUT2D eigenvalue weighted by Crippen LogP contribution is 2.43. The van der Waals surface area contributed by atoms with E-state index in [0.717, 1.165) is 99.2 Å². The van der Waals surface area contributed by atoms with Crippen molar-refractivity contribution in [2.45, 2.75) is 13.1 Å². The monoisotopic (exact) mass is 1070 g/mol. The molecule has 0 radical (unpaired) electrons. The fourth-order valence-corrected chi connectivity index (χ4v) is 13.4. The summed E-state index contributed by atoms with van der Waals surface area (Å²) in [5, 5.41) is 11.5. The van der Waals surface area contributed by atoms with Crippen molar-refractivity contribution >= 4 is 109 Å². The Morgan fingerprint density at radius 2 is 0.687 bits per heavy atom. The third-order valence-corrected chi connectivity index (χ3v) is 16.9. The second kappa shape index (κ2) is 17.6. The number of halogens is 3. The van der Waals surface area contributed by atoms with Crippen LogP contribution in [0.5, 0.6) is 0 Å². The Balaban J connectivity index is 0.990. The molecule has 0 aliphatic heterocycles. The molecule has 0 N–H and O–H groups in total. The van der Waals surface area contributed by atoms with Crippen molar-refractivity contribution in [1.82, 2.24) is 28.2 Å². The van der Waals surface area contributed by atoms with Gasteiger partial charge in [0.25, 0.3) is 0 Å².